The normalized spacial score (nSPS) is 17.3. The van der Waals surface area contributed by atoms with Crippen LogP contribution < -0.4 is 11.5 Å². The summed E-state index contributed by atoms with van der Waals surface area (Å²) in [5.41, 5.74) is 12.7. The van der Waals surface area contributed by atoms with Gasteiger partial charge >= 0.3 is 0 Å². The zero-order valence-corrected chi connectivity index (χ0v) is 13.8. The first kappa shape index (κ1) is 17.3. The van der Waals surface area contributed by atoms with Gasteiger partial charge in [0.05, 0.1) is 11.1 Å². The molecule has 5 N–H and O–H groups in total. The number of piperidine rings is 1. The number of nitrogens with two attached hydrogens (primary N) is 2. The Labute approximate surface area is 143 Å². The van der Waals surface area contributed by atoms with Gasteiger partial charge in [0.2, 0.25) is 0 Å². The number of carbonyl (C=O) groups is 1. The summed E-state index contributed by atoms with van der Waals surface area (Å²) in [7, 11) is 0. The fraction of sp³-hybridized carbons (Fsp3) is 0.412. The molecular weight excluding hydrogens is 328 g/mol. The topological polar surface area (TPSA) is 101 Å². The van der Waals surface area contributed by atoms with Gasteiger partial charge in [-0.05, 0) is 44.0 Å². The second-order valence-corrected chi connectivity index (χ2v) is 6.23. The Morgan fingerprint density at radius 1 is 1.40 bits per heavy atom. The number of amides is 1. The molecule has 1 aromatic heterocycles. The predicted molar refractivity (Wildman–Crippen MR) is 91.9 cm³/mol. The van der Waals surface area contributed by atoms with Crippen LogP contribution in [0.3, 0.4) is 0 Å². The monoisotopic (exact) mass is 349 g/mol. The molecule has 1 aromatic carbocycles. The molecule has 0 atom stereocenters. The maximum absolute atomic E-state index is 13.7. The number of halogens is 2. The first-order valence-electron chi connectivity index (χ1n) is 8.23. The summed E-state index contributed by atoms with van der Waals surface area (Å²) in [6.45, 7) is 1.66. The lowest BCUT2D eigenvalue weighted by molar-refractivity contribution is 0.100. The van der Waals surface area contributed by atoms with Crippen molar-refractivity contribution in [3.05, 3.63) is 35.5 Å². The van der Waals surface area contributed by atoms with Gasteiger partial charge in [-0.25, -0.2) is 13.8 Å². The van der Waals surface area contributed by atoms with Crippen molar-refractivity contribution in [2.24, 2.45) is 17.4 Å². The van der Waals surface area contributed by atoms with Crippen LogP contribution in [-0.4, -0.2) is 47.1 Å². The Hall–Kier alpha value is -2.48. The molecule has 0 bridgehead atoms. The number of hydrogen-bond acceptors (Lipinski definition) is 4. The molecule has 25 heavy (non-hydrogen) atoms. The third kappa shape index (κ3) is 3.48. The number of hydrogen-bond donors (Lipinski definition) is 3. The van der Waals surface area contributed by atoms with Gasteiger partial charge in [-0.2, -0.15) is 0 Å². The number of aromatic amines is 1. The highest BCUT2D eigenvalue weighted by Gasteiger charge is 2.25. The summed E-state index contributed by atoms with van der Waals surface area (Å²) >= 11 is 0. The number of alkyl halides is 1. The maximum atomic E-state index is 13.7. The lowest BCUT2D eigenvalue weighted by Gasteiger charge is -2.31. The van der Waals surface area contributed by atoms with E-state index in [9.17, 15) is 13.6 Å². The minimum atomic E-state index is -0.736. The van der Waals surface area contributed by atoms with Crippen molar-refractivity contribution in [3.8, 4) is 0 Å². The van der Waals surface area contributed by atoms with E-state index in [0.717, 1.165) is 37.6 Å². The maximum Gasteiger partial charge on any atom is 0.251 e. The van der Waals surface area contributed by atoms with Crippen molar-refractivity contribution >= 4 is 22.5 Å². The first-order valence-corrected chi connectivity index (χ1v) is 8.23. The van der Waals surface area contributed by atoms with Gasteiger partial charge in [0.1, 0.15) is 23.8 Å². The Kier molecular flexibility index (Phi) is 4.98. The van der Waals surface area contributed by atoms with E-state index in [1.54, 1.807) is 0 Å². The van der Waals surface area contributed by atoms with Crippen LogP contribution in [0.5, 0.6) is 0 Å². The van der Waals surface area contributed by atoms with Gasteiger partial charge in [-0.15, -0.1) is 0 Å². The number of rotatable bonds is 5. The summed E-state index contributed by atoms with van der Waals surface area (Å²) in [6, 6.07) is 2.35. The number of carbonyl (C=O) groups excluding carboxylic acids is 1. The molecule has 3 rings (SSSR count). The van der Waals surface area contributed by atoms with Crippen LogP contribution in [-0.2, 0) is 0 Å². The summed E-state index contributed by atoms with van der Waals surface area (Å²) in [5, 5.41) is 0. The number of imidazole rings is 1. The second kappa shape index (κ2) is 7.18. The van der Waals surface area contributed by atoms with E-state index in [4.69, 9.17) is 11.5 Å². The number of primary amides is 1. The van der Waals surface area contributed by atoms with Crippen LogP contribution >= 0.6 is 0 Å². The minimum absolute atomic E-state index is 0.0339. The van der Waals surface area contributed by atoms with E-state index in [0.29, 0.717) is 23.4 Å². The van der Waals surface area contributed by atoms with Crippen molar-refractivity contribution in [1.82, 2.24) is 14.9 Å². The largest absolute Gasteiger partial charge is 0.404 e. The molecule has 1 saturated heterocycles. The fourth-order valence-corrected chi connectivity index (χ4v) is 3.40. The van der Waals surface area contributed by atoms with Crippen molar-refractivity contribution < 1.29 is 13.6 Å². The first-order chi connectivity index (χ1) is 12.0. The lowest BCUT2D eigenvalue weighted by atomic mass is 9.89. The van der Waals surface area contributed by atoms with E-state index >= 15 is 0 Å². The average Bonchev–Trinajstić information content (AvgIpc) is 2.99. The van der Waals surface area contributed by atoms with Crippen LogP contribution in [0.15, 0.2) is 18.3 Å². The number of nitrogens with zero attached hydrogens (tertiary/aromatic N) is 2. The molecule has 8 heteroatoms. The average molecular weight is 349 g/mol. The van der Waals surface area contributed by atoms with Gasteiger partial charge in [-0.3, -0.25) is 4.79 Å². The summed E-state index contributed by atoms with van der Waals surface area (Å²) in [6.07, 6.45) is 3.15. The van der Waals surface area contributed by atoms with Gasteiger partial charge in [0.15, 0.2) is 0 Å². The third-order valence-corrected chi connectivity index (χ3v) is 4.70. The van der Waals surface area contributed by atoms with Crippen molar-refractivity contribution in [3.63, 3.8) is 0 Å². The highest BCUT2D eigenvalue weighted by Crippen LogP contribution is 2.31. The Balaban J connectivity index is 1.90. The third-order valence-electron chi connectivity index (χ3n) is 4.70. The molecule has 0 spiro atoms. The van der Waals surface area contributed by atoms with Crippen molar-refractivity contribution in [2.45, 2.75) is 12.8 Å². The molecule has 2 aromatic rings. The van der Waals surface area contributed by atoms with E-state index in [1.807, 2.05) is 0 Å². The smallest absolute Gasteiger partial charge is 0.251 e. The number of likely N-dealkylation sites (tertiary alicyclic amines) is 1. The number of H-pyrrole nitrogens is 1. The Morgan fingerprint density at radius 3 is 2.72 bits per heavy atom. The number of aromatic nitrogens is 2. The van der Waals surface area contributed by atoms with E-state index in [-0.39, 0.29) is 18.2 Å². The second-order valence-electron chi connectivity index (χ2n) is 6.23. The molecule has 1 aliphatic rings. The molecule has 134 valence electrons. The van der Waals surface area contributed by atoms with Crippen LogP contribution in [0, 0.1) is 11.7 Å². The number of nitrogens with one attached hydrogen (secondary N) is 1. The molecule has 0 unspecified atom stereocenters. The highest BCUT2D eigenvalue weighted by atomic mass is 19.1. The van der Waals surface area contributed by atoms with E-state index in [2.05, 4.69) is 14.9 Å². The zero-order valence-electron chi connectivity index (χ0n) is 13.8. The molecule has 0 radical (unpaired) electrons. The van der Waals surface area contributed by atoms with Crippen LogP contribution in [0.4, 0.5) is 8.78 Å². The highest BCUT2D eigenvalue weighted by molar-refractivity contribution is 6.04. The minimum Gasteiger partial charge on any atom is -0.404 e. The zero-order chi connectivity index (χ0) is 18.0. The summed E-state index contributed by atoms with van der Waals surface area (Å²) < 4.78 is 26.2. The quantitative estimate of drug-likeness (QED) is 0.766. The molecule has 1 amide bonds. The van der Waals surface area contributed by atoms with Crippen LogP contribution in [0.1, 0.15) is 29.0 Å². The summed E-state index contributed by atoms with van der Waals surface area (Å²) in [4.78, 5) is 21.1. The number of benzene rings is 1. The fourth-order valence-electron chi connectivity index (χ4n) is 3.40. The molecular formula is C17H21F2N5O. The lowest BCUT2D eigenvalue weighted by Crippen LogP contribution is -2.35. The van der Waals surface area contributed by atoms with Crippen LogP contribution in [0.25, 0.3) is 16.6 Å². The van der Waals surface area contributed by atoms with E-state index in [1.165, 1.54) is 12.3 Å². The van der Waals surface area contributed by atoms with Crippen LogP contribution in [0.2, 0.25) is 0 Å². The SMILES string of the molecule is NC=C(c1nc2c(C(N)=O)cc(F)cc2[nH]1)C1CCN(CCF)CC1. The Morgan fingerprint density at radius 2 is 2.12 bits per heavy atom. The van der Waals surface area contributed by atoms with E-state index < -0.39 is 11.7 Å². The molecule has 0 aliphatic carbocycles. The van der Waals surface area contributed by atoms with Gasteiger partial charge in [-0.1, -0.05) is 0 Å². The van der Waals surface area contributed by atoms with Gasteiger partial charge in [0, 0.05) is 18.3 Å². The molecule has 0 saturated carbocycles. The Bertz CT molecular complexity index is 809. The van der Waals surface area contributed by atoms with Gasteiger partial charge in [0.25, 0.3) is 5.91 Å². The number of allylic oxidation sites excluding steroid dienone is 1. The standard InChI is InChI=1S/C17H21F2N5O/c18-3-6-24-4-1-10(2-5-24)13(9-20)17-22-14-8-11(19)7-12(16(21)25)15(14)23-17/h7-10H,1-6,20H2,(H2,21,25)(H,22,23). The van der Waals surface area contributed by atoms with Crippen molar-refractivity contribution in [2.75, 3.05) is 26.3 Å². The number of fused-ring (bicyclic) bond motifs is 1. The predicted octanol–water partition coefficient (Wildman–Crippen LogP) is 1.78. The molecule has 6 nitrogen and oxygen atoms in total. The van der Waals surface area contributed by atoms with Gasteiger partial charge < -0.3 is 21.4 Å². The molecule has 1 fully saturated rings. The summed E-state index contributed by atoms with van der Waals surface area (Å²) in [5.74, 6) is -0.618. The molecule has 2 heterocycles. The molecule has 1 aliphatic heterocycles. The van der Waals surface area contributed by atoms with Crippen molar-refractivity contribution in [1.29, 1.82) is 0 Å².